The van der Waals surface area contributed by atoms with Gasteiger partial charge in [0.15, 0.2) is 18.1 Å². The number of aryl methyl sites for hydroxylation is 1. The number of hydrogen-bond acceptors (Lipinski definition) is 9. The van der Waals surface area contributed by atoms with Crippen molar-refractivity contribution < 1.29 is 32.3 Å². The van der Waals surface area contributed by atoms with Crippen LogP contribution in [-0.2, 0) is 19.6 Å². The average molecular weight is 521 g/mol. The first kappa shape index (κ1) is 26.9. The van der Waals surface area contributed by atoms with Crippen LogP contribution in [0.2, 0.25) is 0 Å². The van der Waals surface area contributed by atoms with Crippen LogP contribution < -0.4 is 14.3 Å². The third-order valence-corrected chi connectivity index (χ3v) is 6.61. The lowest BCUT2D eigenvalue weighted by molar-refractivity contribution is -0.385. The molecule has 0 saturated carbocycles. The number of nitro benzene ring substituents is 1. The molecule has 1 saturated heterocycles. The Hall–Kier alpha value is -3.71. The van der Waals surface area contributed by atoms with E-state index < -0.39 is 14.9 Å². The van der Waals surface area contributed by atoms with E-state index in [1.165, 1.54) is 32.4 Å². The number of morpholine rings is 1. The van der Waals surface area contributed by atoms with Gasteiger partial charge in [0.05, 0.1) is 35.4 Å². The van der Waals surface area contributed by atoms with Crippen molar-refractivity contribution in [2.75, 3.05) is 26.8 Å². The molecule has 13 heteroatoms. The van der Waals surface area contributed by atoms with Crippen molar-refractivity contribution in [2.45, 2.75) is 37.9 Å². The number of carbonyl (C=O) groups is 1. The quantitative estimate of drug-likeness (QED) is 0.300. The lowest BCUT2D eigenvalue weighted by Crippen LogP contribution is -2.49. The fourth-order valence-electron chi connectivity index (χ4n) is 3.67. The molecular weight excluding hydrogens is 492 g/mol. The number of carbonyl (C=O) groups excluding carboxylic acids is 1. The van der Waals surface area contributed by atoms with Gasteiger partial charge in [-0.3, -0.25) is 14.9 Å². The number of amides is 1. The van der Waals surface area contributed by atoms with E-state index in [2.05, 4.69) is 5.10 Å². The SMILES string of the molecule is COc1cc(/C=N/NS(=O)(=O)c2ccc(C)c([N+](=O)[O-])c2)ccc1OCC(=O)N1CC(C)OC(C)C1. The predicted molar refractivity (Wildman–Crippen MR) is 131 cm³/mol. The first-order valence-electron chi connectivity index (χ1n) is 11.0. The Morgan fingerprint density at radius 1 is 1.22 bits per heavy atom. The molecule has 1 fully saturated rings. The number of hydrogen-bond donors (Lipinski definition) is 1. The van der Waals surface area contributed by atoms with Gasteiger partial charge in [0.2, 0.25) is 0 Å². The Kier molecular flexibility index (Phi) is 8.48. The predicted octanol–water partition coefficient (Wildman–Crippen LogP) is 2.24. The Balaban J connectivity index is 1.64. The number of ether oxygens (including phenoxy) is 3. The number of benzene rings is 2. The Morgan fingerprint density at radius 2 is 1.92 bits per heavy atom. The van der Waals surface area contributed by atoms with E-state index in [9.17, 15) is 23.3 Å². The fraction of sp³-hybridized carbons (Fsp3) is 0.391. The van der Waals surface area contributed by atoms with Crippen LogP contribution in [0.3, 0.4) is 0 Å². The summed E-state index contributed by atoms with van der Waals surface area (Å²) in [6.45, 7) is 6.14. The highest BCUT2D eigenvalue weighted by atomic mass is 32.2. The largest absolute Gasteiger partial charge is 0.493 e. The van der Waals surface area contributed by atoms with Gasteiger partial charge in [-0.2, -0.15) is 13.5 Å². The zero-order chi connectivity index (χ0) is 26.5. The molecule has 0 bridgehead atoms. The molecule has 0 aromatic heterocycles. The number of sulfonamides is 1. The molecule has 0 spiro atoms. The highest BCUT2D eigenvalue weighted by Crippen LogP contribution is 2.28. The van der Waals surface area contributed by atoms with Crippen molar-refractivity contribution in [3.05, 3.63) is 57.6 Å². The van der Waals surface area contributed by atoms with Crippen molar-refractivity contribution >= 4 is 27.8 Å². The summed E-state index contributed by atoms with van der Waals surface area (Å²) in [6, 6.07) is 8.33. The maximum Gasteiger partial charge on any atom is 0.276 e. The minimum atomic E-state index is -4.12. The van der Waals surface area contributed by atoms with Gasteiger partial charge in [0.1, 0.15) is 0 Å². The molecule has 0 radical (unpaired) electrons. The fourth-order valence-corrected chi connectivity index (χ4v) is 4.48. The van der Waals surface area contributed by atoms with Gasteiger partial charge >= 0.3 is 0 Å². The molecule has 2 aromatic carbocycles. The lowest BCUT2D eigenvalue weighted by atomic mass is 10.2. The maximum absolute atomic E-state index is 12.5. The van der Waals surface area contributed by atoms with Gasteiger partial charge in [-0.1, -0.05) is 6.07 Å². The number of methoxy groups -OCH3 is 1. The molecule has 3 rings (SSSR count). The second kappa shape index (κ2) is 11.4. The van der Waals surface area contributed by atoms with E-state index in [1.807, 2.05) is 18.7 Å². The molecule has 12 nitrogen and oxygen atoms in total. The minimum absolute atomic E-state index is 0.0515. The first-order chi connectivity index (χ1) is 17.0. The van der Waals surface area contributed by atoms with Crippen molar-refractivity contribution in [3.8, 4) is 11.5 Å². The zero-order valence-corrected chi connectivity index (χ0v) is 21.1. The molecule has 2 atom stereocenters. The molecule has 1 aliphatic heterocycles. The number of nitrogens with zero attached hydrogens (tertiary/aromatic N) is 3. The van der Waals surface area contributed by atoms with Crippen LogP contribution in [0.15, 0.2) is 46.4 Å². The first-order valence-corrected chi connectivity index (χ1v) is 12.5. The standard InChI is InChI=1S/C23H28N4O8S/c1-15-5-7-19(10-20(15)27(29)30)36(31,32)25-24-11-18-6-8-21(22(9-18)33-4)34-14-23(28)26-12-16(2)35-17(3)13-26/h5-11,16-17,25H,12-14H2,1-4H3/b24-11+. The summed E-state index contributed by atoms with van der Waals surface area (Å²) in [5.74, 6) is 0.493. The number of nitrogens with one attached hydrogen (secondary N) is 1. The number of nitro groups is 1. The molecule has 36 heavy (non-hydrogen) atoms. The summed E-state index contributed by atoms with van der Waals surface area (Å²) in [4.78, 5) is 26.4. The van der Waals surface area contributed by atoms with E-state index in [0.717, 1.165) is 6.07 Å². The molecule has 1 N–H and O–H groups in total. The lowest BCUT2D eigenvalue weighted by Gasteiger charge is -2.35. The topological polar surface area (TPSA) is 150 Å². The normalized spacial score (nSPS) is 18.2. The van der Waals surface area contributed by atoms with E-state index in [0.29, 0.717) is 35.7 Å². The molecule has 2 unspecified atom stereocenters. The second-order valence-corrected chi connectivity index (χ2v) is 9.97. The molecule has 0 aliphatic carbocycles. The smallest absolute Gasteiger partial charge is 0.276 e. The van der Waals surface area contributed by atoms with Crippen LogP contribution in [0.1, 0.15) is 25.0 Å². The van der Waals surface area contributed by atoms with Crippen molar-refractivity contribution in [3.63, 3.8) is 0 Å². The van der Waals surface area contributed by atoms with Crippen LogP contribution in [0.5, 0.6) is 11.5 Å². The highest BCUT2D eigenvalue weighted by Gasteiger charge is 2.26. The van der Waals surface area contributed by atoms with Crippen LogP contribution >= 0.6 is 0 Å². The molecule has 1 amide bonds. The van der Waals surface area contributed by atoms with Crippen LogP contribution in [0.25, 0.3) is 0 Å². The van der Waals surface area contributed by atoms with E-state index >= 15 is 0 Å². The van der Waals surface area contributed by atoms with Gasteiger partial charge in [0.25, 0.3) is 21.6 Å². The highest BCUT2D eigenvalue weighted by molar-refractivity contribution is 7.89. The van der Waals surface area contributed by atoms with Gasteiger partial charge in [-0.25, -0.2) is 4.83 Å². The number of hydrazone groups is 1. The maximum atomic E-state index is 12.5. The van der Waals surface area contributed by atoms with E-state index in [1.54, 1.807) is 23.1 Å². The van der Waals surface area contributed by atoms with Gasteiger partial charge in [-0.15, -0.1) is 0 Å². The van der Waals surface area contributed by atoms with Crippen molar-refractivity contribution in [2.24, 2.45) is 5.10 Å². The third-order valence-electron chi connectivity index (χ3n) is 5.39. The molecule has 2 aromatic rings. The van der Waals surface area contributed by atoms with E-state index in [-0.39, 0.29) is 35.3 Å². The summed E-state index contributed by atoms with van der Waals surface area (Å²) in [5.41, 5.74) is 0.518. The van der Waals surface area contributed by atoms with Crippen molar-refractivity contribution in [1.82, 2.24) is 9.73 Å². The zero-order valence-electron chi connectivity index (χ0n) is 20.3. The van der Waals surface area contributed by atoms with Gasteiger partial charge in [-0.05, 0) is 50.6 Å². The van der Waals surface area contributed by atoms with Gasteiger partial charge < -0.3 is 19.1 Å². The molecule has 194 valence electrons. The Bertz CT molecular complexity index is 1250. The van der Waals surface area contributed by atoms with Crippen molar-refractivity contribution in [1.29, 1.82) is 0 Å². The summed E-state index contributed by atoms with van der Waals surface area (Å²) >= 11 is 0. The second-order valence-electron chi connectivity index (χ2n) is 8.31. The molecule has 1 aliphatic rings. The molecule has 1 heterocycles. The van der Waals surface area contributed by atoms with E-state index in [4.69, 9.17) is 14.2 Å². The summed E-state index contributed by atoms with van der Waals surface area (Å²) < 4.78 is 41.6. The summed E-state index contributed by atoms with van der Waals surface area (Å²) in [6.07, 6.45) is 1.14. The van der Waals surface area contributed by atoms with Gasteiger partial charge in [0, 0.05) is 24.7 Å². The summed E-state index contributed by atoms with van der Waals surface area (Å²) in [7, 11) is -2.69. The van der Waals surface area contributed by atoms with Crippen LogP contribution in [0, 0.1) is 17.0 Å². The van der Waals surface area contributed by atoms with Crippen LogP contribution in [-0.4, -0.2) is 69.4 Å². The molecular formula is C23H28N4O8S. The third kappa shape index (κ3) is 6.70. The summed E-state index contributed by atoms with van der Waals surface area (Å²) in [5, 5.41) is 14.8. The Labute approximate surface area is 209 Å². The number of rotatable bonds is 9. The monoisotopic (exact) mass is 520 g/mol. The Morgan fingerprint density at radius 3 is 2.56 bits per heavy atom. The minimum Gasteiger partial charge on any atom is -0.493 e. The average Bonchev–Trinajstić information content (AvgIpc) is 2.82. The van der Waals surface area contributed by atoms with Crippen LogP contribution in [0.4, 0.5) is 5.69 Å².